The van der Waals surface area contributed by atoms with E-state index in [-0.39, 0.29) is 16.7 Å². The lowest BCUT2D eigenvalue weighted by molar-refractivity contribution is -0.00153. The Morgan fingerprint density at radius 1 is 1.21 bits per heavy atom. The third kappa shape index (κ3) is 1.96. The van der Waals surface area contributed by atoms with E-state index in [4.69, 9.17) is 0 Å². The number of rotatable bonds is 1. The van der Waals surface area contributed by atoms with Gasteiger partial charge in [0, 0.05) is 16.7 Å². The molecule has 0 aromatic rings. The molecule has 1 heterocycles. The lowest BCUT2D eigenvalue weighted by atomic mass is 9.80. The smallest absolute Gasteiger partial charge is 0.170 e. The molecule has 0 spiro atoms. The van der Waals surface area contributed by atoms with Crippen molar-refractivity contribution in [3.63, 3.8) is 0 Å². The molecular formula is C10H22NO2P. The molecular weight excluding hydrogens is 197 g/mol. The lowest BCUT2D eigenvalue weighted by Crippen LogP contribution is -2.62. The molecule has 0 saturated carbocycles. The zero-order valence-corrected chi connectivity index (χ0v) is 10.7. The van der Waals surface area contributed by atoms with E-state index >= 15 is 0 Å². The van der Waals surface area contributed by atoms with Crippen molar-refractivity contribution in [1.82, 2.24) is 4.90 Å². The molecule has 1 aliphatic rings. The Bertz CT molecular complexity index is 212. The largest absolute Gasteiger partial charge is 0.350 e. The predicted molar refractivity (Wildman–Crippen MR) is 60.3 cm³/mol. The Kier molecular flexibility index (Phi) is 3.28. The summed E-state index contributed by atoms with van der Waals surface area (Å²) in [6.07, 6.45) is 1.93. The van der Waals surface area contributed by atoms with E-state index in [0.29, 0.717) is 0 Å². The lowest BCUT2D eigenvalue weighted by Gasteiger charge is -2.55. The van der Waals surface area contributed by atoms with Crippen LogP contribution in [0.3, 0.4) is 0 Å². The van der Waals surface area contributed by atoms with E-state index in [1.807, 2.05) is 0 Å². The van der Waals surface area contributed by atoms with E-state index in [2.05, 4.69) is 39.6 Å². The molecule has 0 aromatic carbocycles. The van der Waals surface area contributed by atoms with Crippen LogP contribution in [0.1, 0.15) is 40.5 Å². The Morgan fingerprint density at radius 3 is 2.14 bits per heavy atom. The molecule has 0 bridgehead atoms. The van der Waals surface area contributed by atoms with E-state index in [0.717, 1.165) is 12.8 Å². The number of hydrogen-bond donors (Lipinski definition) is 2. The van der Waals surface area contributed by atoms with Gasteiger partial charge in [-0.05, 0) is 47.6 Å². The predicted octanol–water partition coefficient (Wildman–Crippen LogP) is 1.93. The van der Waals surface area contributed by atoms with Gasteiger partial charge in [0.05, 0.1) is 0 Å². The molecule has 1 saturated heterocycles. The van der Waals surface area contributed by atoms with Crippen LogP contribution in [-0.2, 0) is 0 Å². The van der Waals surface area contributed by atoms with E-state index in [1.165, 1.54) is 0 Å². The second kappa shape index (κ2) is 3.71. The van der Waals surface area contributed by atoms with Gasteiger partial charge in [-0.15, -0.1) is 0 Å². The van der Waals surface area contributed by atoms with Gasteiger partial charge < -0.3 is 9.79 Å². The summed E-state index contributed by atoms with van der Waals surface area (Å²) in [6, 6.07) is 0. The summed E-state index contributed by atoms with van der Waals surface area (Å²) in [6.45, 7) is 8.62. The first-order valence-corrected chi connectivity index (χ1v) is 6.42. The van der Waals surface area contributed by atoms with Crippen molar-refractivity contribution in [3.05, 3.63) is 0 Å². The van der Waals surface area contributed by atoms with Crippen LogP contribution in [-0.4, -0.2) is 38.5 Å². The molecule has 84 valence electrons. The van der Waals surface area contributed by atoms with Crippen LogP contribution in [0.2, 0.25) is 0 Å². The fourth-order valence-corrected chi connectivity index (χ4v) is 3.51. The highest BCUT2D eigenvalue weighted by atomic mass is 31.2. The topological polar surface area (TPSA) is 43.7 Å². The molecule has 0 aliphatic carbocycles. The van der Waals surface area contributed by atoms with Crippen LogP contribution in [0.5, 0.6) is 0 Å². The maximum Gasteiger partial charge on any atom is 0.170 e. The minimum atomic E-state index is -1.82. The molecule has 1 atom stereocenters. The quantitative estimate of drug-likeness (QED) is 0.662. The van der Waals surface area contributed by atoms with Crippen molar-refractivity contribution < 1.29 is 9.79 Å². The maximum absolute atomic E-state index is 9.39. The monoisotopic (exact) mass is 219 g/mol. The van der Waals surface area contributed by atoms with Gasteiger partial charge in [-0.3, -0.25) is 4.90 Å². The normalized spacial score (nSPS) is 32.1. The van der Waals surface area contributed by atoms with Crippen molar-refractivity contribution in [1.29, 1.82) is 0 Å². The van der Waals surface area contributed by atoms with Gasteiger partial charge in [-0.1, -0.05) is 0 Å². The van der Waals surface area contributed by atoms with Crippen molar-refractivity contribution in [2.75, 3.05) is 7.05 Å². The zero-order chi connectivity index (χ0) is 11.1. The molecule has 0 amide bonds. The van der Waals surface area contributed by atoms with Gasteiger partial charge in [0.2, 0.25) is 0 Å². The van der Waals surface area contributed by atoms with Crippen molar-refractivity contribution in [3.8, 4) is 0 Å². The van der Waals surface area contributed by atoms with Gasteiger partial charge in [0.25, 0.3) is 0 Å². The van der Waals surface area contributed by atoms with Crippen LogP contribution in [0.15, 0.2) is 0 Å². The van der Waals surface area contributed by atoms with Crippen LogP contribution in [0.4, 0.5) is 0 Å². The Labute approximate surface area is 88.0 Å². The van der Waals surface area contributed by atoms with E-state index in [1.54, 1.807) is 0 Å². The van der Waals surface area contributed by atoms with Crippen molar-refractivity contribution in [2.24, 2.45) is 0 Å². The van der Waals surface area contributed by atoms with Crippen LogP contribution in [0, 0.1) is 0 Å². The number of nitrogens with zero attached hydrogens (tertiary/aromatic N) is 1. The number of piperidine rings is 1. The minimum Gasteiger partial charge on any atom is -0.350 e. The summed E-state index contributed by atoms with van der Waals surface area (Å²) >= 11 is 0. The first-order valence-electron chi connectivity index (χ1n) is 5.10. The Balaban J connectivity index is 2.91. The summed E-state index contributed by atoms with van der Waals surface area (Å²) in [4.78, 5) is 21.1. The molecule has 4 heteroatoms. The molecule has 1 unspecified atom stereocenters. The summed E-state index contributed by atoms with van der Waals surface area (Å²) < 4.78 is 0. The Hall–Kier alpha value is 0.310. The van der Waals surface area contributed by atoms with Gasteiger partial charge in [0.15, 0.2) is 8.38 Å². The van der Waals surface area contributed by atoms with Crippen LogP contribution < -0.4 is 0 Å². The van der Waals surface area contributed by atoms with Gasteiger partial charge in [-0.25, -0.2) is 0 Å². The molecule has 3 nitrogen and oxygen atoms in total. The van der Waals surface area contributed by atoms with Crippen LogP contribution in [0.25, 0.3) is 0 Å². The van der Waals surface area contributed by atoms with Crippen molar-refractivity contribution >= 4 is 8.38 Å². The third-order valence-corrected chi connectivity index (χ3v) is 5.34. The maximum atomic E-state index is 9.39. The van der Waals surface area contributed by atoms with Crippen LogP contribution >= 0.6 is 8.38 Å². The fraction of sp³-hybridized carbons (Fsp3) is 1.00. The summed E-state index contributed by atoms with van der Waals surface area (Å²) in [5.74, 6) is 0. The number of likely N-dealkylation sites (tertiary alicyclic amines) is 1. The number of hydrogen-bond acceptors (Lipinski definition) is 3. The summed E-state index contributed by atoms with van der Waals surface area (Å²) in [5.41, 5.74) is 0.0398. The average Bonchev–Trinajstić information content (AvgIpc) is 1.99. The molecule has 0 radical (unpaired) electrons. The third-order valence-electron chi connectivity index (χ3n) is 3.90. The van der Waals surface area contributed by atoms with Gasteiger partial charge in [0.1, 0.15) is 0 Å². The van der Waals surface area contributed by atoms with Gasteiger partial charge >= 0.3 is 0 Å². The first kappa shape index (κ1) is 12.4. The molecule has 2 N–H and O–H groups in total. The minimum absolute atomic E-state index is 0.00975. The molecule has 1 rings (SSSR count). The summed E-state index contributed by atoms with van der Waals surface area (Å²) in [5, 5.41) is 0. The highest BCUT2D eigenvalue weighted by Gasteiger charge is 2.47. The second-order valence-corrected chi connectivity index (χ2v) is 6.66. The first-order chi connectivity index (χ1) is 6.19. The van der Waals surface area contributed by atoms with E-state index < -0.39 is 8.38 Å². The SMILES string of the molecule is CN1C(C)(C)CCC(P(O)O)C1(C)C. The second-order valence-electron chi connectivity index (χ2n) is 5.40. The molecule has 0 aromatic heterocycles. The Morgan fingerprint density at radius 2 is 1.71 bits per heavy atom. The standard InChI is InChI=1S/C10H22NO2P/c1-9(2)7-6-8(14(12)13)10(3,4)11(9)5/h8,12-13H,6-7H2,1-5H3. The molecule has 1 fully saturated rings. The van der Waals surface area contributed by atoms with Crippen molar-refractivity contribution in [2.45, 2.75) is 57.3 Å². The highest BCUT2D eigenvalue weighted by Crippen LogP contribution is 2.49. The zero-order valence-electron chi connectivity index (χ0n) is 9.78. The fourth-order valence-electron chi connectivity index (χ4n) is 2.41. The molecule has 1 aliphatic heterocycles. The van der Waals surface area contributed by atoms with E-state index in [9.17, 15) is 9.79 Å². The van der Waals surface area contributed by atoms with Gasteiger partial charge in [-0.2, -0.15) is 0 Å². The average molecular weight is 219 g/mol. The molecule has 14 heavy (non-hydrogen) atoms. The highest BCUT2D eigenvalue weighted by molar-refractivity contribution is 7.46. The summed E-state index contributed by atoms with van der Waals surface area (Å²) in [7, 11) is 0.258.